The smallest absolute Gasteiger partial charge is 0.310 e. The van der Waals surface area contributed by atoms with Gasteiger partial charge in [0, 0.05) is 6.04 Å². The summed E-state index contributed by atoms with van der Waals surface area (Å²) in [6.07, 6.45) is 5.19. The maximum absolute atomic E-state index is 11.5. The van der Waals surface area contributed by atoms with Crippen LogP contribution < -0.4 is 11.2 Å². The zero-order valence-electron chi connectivity index (χ0n) is 9.02. The van der Waals surface area contributed by atoms with Gasteiger partial charge in [0.25, 0.3) is 0 Å². The summed E-state index contributed by atoms with van der Waals surface area (Å²) < 4.78 is 4.94. The highest BCUT2D eigenvalue weighted by atomic mass is 16.7. The molecule has 0 unspecified atom stereocenters. The Labute approximate surface area is 93.9 Å². The Morgan fingerprint density at radius 3 is 2.81 bits per heavy atom. The van der Waals surface area contributed by atoms with Gasteiger partial charge in [-0.2, -0.15) is 0 Å². The number of nitrogens with two attached hydrogens (primary N) is 1. The Balaban J connectivity index is 1.73. The molecule has 3 N–H and O–H groups in total. The van der Waals surface area contributed by atoms with E-state index in [1.165, 1.54) is 6.26 Å². The molecule has 5 nitrogen and oxygen atoms in total. The van der Waals surface area contributed by atoms with E-state index < -0.39 is 0 Å². The molecular weight excluding hydrogens is 208 g/mol. The van der Waals surface area contributed by atoms with Crippen LogP contribution in [-0.2, 0) is 4.84 Å². The van der Waals surface area contributed by atoms with Crippen LogP contribution in [0.25, 0.3) is 0 Å². The molecular formula is C11H16N2O3. The van der Waals surface area contributed by atoms with Crippen LogP contribution in [-0.4, -0.2) is 18.1 Å². The quantitative estimate of drug-likeness (QED) is 0.756. The molecule has 0 aromatic carbocycles. The van der Waals surface area contributed by atoms with Gasteiger partial charge in [0.2, 0.25) is 0 Å². The van der Waals surface area contributed by atoms with E-state index in [0.717, 1.165) is 25.7 Å². The third kappa shape index (κ3) is 2.84. The third-order valence-electron chi connectivity index (χ3n) is 2.78. The molecule has 1 heterocycles. The lowest BCUT2D eigenvalue weighted by Crippen LogP contribution is -2.35. The van der Waals surface area contributed by atoms with Crippen molar-refractivity contribution in [1.29, 1.82) is 0 Å². The van der Waals surface area contributed by atoms with Crippen molar-refractivity contribution in [3.05, 3.63) is 24.2 Å². The normalized spacial score (nSPS) is 25.3. The Hall–Kier alpha value is -1.33. The van der Waals surface area contributed by atoms with Crippen molar-refractivity contribution in [2.75, 3.05) is 0 Å². The highest BCUT2D eigenvalue weighted by molar-refractivity contribution is 5.90. The molecule has 1 aliphatic rings. The third-order valence-corrected chi connectivity index (χ3v) is 2.78. The van der Waals surface area contributed by atoms with E-state index >= 15 is 0 Å². The molecule has 1 saturated carbocycles. The van der Waals surface area contributed by atoms with Gasteiger partial charge in [0.1, 0.15) is 0 Å². The first-order chi connectivity index (χ1) is 7.75. The zero-order chi connectivity index (χ0) is 11.4. The van der Waals surface area contributed by atoms with Crippen LogP contribution >= 0.6 is 0 Å². The lowest BCUT2D eigenvalue weighted by atomic mass is 9.94. The number of carbonyl (C=O) groups is 1. The molecule has 0 saturated heterocycles. The zero-order valence-corrected chi connectivity index (χ0v) is 9.02. The van der Waals surface area contributed by atoms with Gasteiger partial charge in [-0.05, 0) is 37.8 Å². The molecule has 16 heavy (non-hydrogen) atoms. The fourth-order valence-electron chi connectivity index (χ4n) is 1.80. The Bertz CT molecular complexity index is 329. The molecule has 0 aliphatic heterocycles. The van der Waals surface area contributed by atoms with Crippen molar-refractivity contribution in [3.63, 3.8) is 0 Å². The van der Waals surface area contributed by atoms with E-state index in [-0.39, 0.29) is 23.8 Å². The molecule has 0 bridgehead atoms. The predicted octanol–water partition coefficient (Wildman–Crippen LogP) is 1.21. The molecule has 1 amide bonds. The van der Waals surface area contributed by atoms with E-state index in [4.69, 9.17) is 15.0 Å². The van der Waals surface area contributed by atoms with Crippen molar-refractivity contribution < 1.29 is 14.0 Å². The van der Waals surface area contributed by atoms with Crippen molar-refractivity contribution in [3.8, 4) is 0 Å². The van der Waals surface area contributed by atoms with Crippen LogP contribution in [0.2, 0.25) is 0 Å². The summed E-state index contributed by atoms with van der Waals surface area (Å²) in [6, 6.07) is 3.53. The fourth-order valence-corrected chi connectivity index (χ4v) is 1.80. The number of nitrogens with one attached hydrogen (secondary N) is 1. The van der Waals surface area contributed by atoms with Crippen LogP contribution in [0.3, 0.4) is 0 Å². The van der Waals surface area contributed by atoms with Crippen molar-refractivity contribution >= 4 is 5.91 Å². The molecule has 0 spiro atoms. The van der Waals surface area contributed by atoms with Crippen LogP contribution in [0.1, 0.15) is 36.2 Å². The molecule has 1 aliphatic carbocycles. The highest BCUT2D eigenvalue weighted by Crippen LogP contribution is 2.19. The second-order valence-corrected chi connectivity index (χ2v) is 4.06. The van der Waals surface area contributed by atoms with Gasteiger partial charge >= 0.3 is 5.91 Å². The molecule has 5 heteroatoms. The van der Waals surface area contributed by atoms with Gasteiger partial charge in [-0.1, -0.05) is 0 Å². The maximum atomic E-state index is 11.5. The number of furan rings is 1. The topological polar surface area (TPSA) is 77.5 Å². The molecule has 88 valence electrons. The number of hydrogen-bond donors (Lipinski definition) is 2. The number of hydroxylamine groups is 1. The lowest BCUT2D eigenvalue weighted by molar-refractivity contribution is -0.0341. The van der Waals surface area contributed by atoms with Gasteiger partial charge < -0.3 is 10.2 Å². The Morgan fingerprint density at radius 1 is 1.44 bits per heavy atom. The number of carbonyl (C=O) groups excluding carboxylic acids is 1. The monoisotopic (exact) mass is 224 g/mol. The second kappa shape index (κ2) is 5.14. The van der Waals surface area contributed by atoms with Gasteiger partial charge in [0.15, 0.2) is 5.76 Å². The SMILES string of the molecule is NC1CCC(ONC(=O)c2ccco2)CC1. The minimum atomic E-state index is -0.347. The lowest BCUT2D eigenvalue weighted by Gasteiger charge is -2.25. The van der Waals surface area contributed by atoms with Crippen LogP contribution in [0.4, 0.5) is 0 Å². The number of rotatable bonds is 3. The largest absolute Gasteiger partial charge is 0.459 e. The molecule has 1 aromatic rings. The molecule has 0 atom stereocenters. The van der Waals surface area contributed by atoms with Gasteiger partial charge in [-0.3, -0.25) is 9.63 Å². The average Bonchev–Trinajstić information content (AvgIpc) is 2.81. The molecule has 0 radical (unpaired) electrons. The summed E-state index contributed by atoms with van der Waals surface area (Å²) in [7, 11) is 0. The second-order valence-electron chi connectivity index (χ2n) is 4.06. The molecule has 1 aromatic heterocycles. The predicted molar refractivity (Wildman–Crippen MR) is 57.5 cm³/mol. The summed E-state index contributed by atoms with van der Waals surface area (Å²) in [5, 5.41) is 0. The van der Waals surface area contributed by atoms with E-state index in [0.29, 0.717) is 0 Å². The first-order valence-electron chi connectivity index (χ1n) is 5.51. The Morgan fingerprint density at radius 2 is 2.19 bits per heavy atom. The summed E-state index contributed by atoms with van der Waals surface area (Å²) in [4.78, 5) is 16.8. The summed E-state index contributed by atoms with van der Waals surface area (Å²) >= 11 is 0. The van der Waals surface area contributed by atoms with Crippen molar-refractivity contribution in [2.45, 2.75) is 37.8 Å². The number of amides is 1. The van der Waals surface area contributed by atoms with Crippen molar-refractivity contribution in [2.24, 2.45) is 5.73 Å². The van der Waals surface area contributed by atoms with E-state index in [1.807, 2.05) is 0 Å². The fraction of sp³-hybridized carbons (Fsp3) is 0.545. The number of hydrogen-bond acceptors (Lipinski definition) is 4. The minimum Gasteiger partial charge on any atom is -0.459 e. The highest BCUT2D eigenvalue weighted by Gasteiger charge is 2.20. The van der Waals surface area contributed by atoms with Crippen molar-refractivity contribution in [1.82, 2.24) is 5.48 Å². The van der Waals surface area contributed by atoms with Gasteiger partial charge in [-0.15, -0.1) is 0 Å². The van der Waals surface area contributed by atoms with Crippen LogP contribution in [0.15, 0.2) is 22.8 Å². The van der Waals surface area contributed by atoms with Crippen LogP contribution in [0, 0.1) is 0 Å². The van der Waals surface area contributed by atoms with Gasteiger partial charge in [-0.25, -0.2) is 5.48 Å². The van der Waals surface area contributed by atoms with E-state index in [2.05, 4.69) is 5.48 Å². The average molecular weight is 224 g/mol. The Kier molecular flexibility index (Phi) is 3.58. The summed E-state index contributed by atoms with van der Waals surface area (Å²) in [6.45, 7) is 0. The molecule has 2 rings (SSSR count). The van der Waals surface area contributed by atoms with Crippen LogP contribution in [0.5, 0.6) is 0 Å². The van der Waals surface area contributed by atoms with E-state index in [9.17, 15) is 4.79 Å². The summed E-state index contributed by atoms with van der Waals surface area (Å²) in [5.74, 6) is -0.0904. The maximum Gasteiger partial charge on any atom is 0.310 e. The first-order valence-corrected chi connectivity index (χ1v) is 5.51. The van der Waals surface area contributed by atoms with Gasteiger partial charge in [0.05, 0.1) is 12.4 Å². The van der Waals surface area contributed by atoms with E-state index in [1.54, 1.807) is 12.1 Å². The standard InChI is InChI=1S/C11H16N2O3/c12-8-3-5-9(6-4-8)16-13-11(14)10-2-1-7-15-10/h1-2,7-9H,3-6,12H2,(H,13,14). The minimum absolute atomic E-state index is 0.0683. The first kappa shape index (κ1) is 11.2. The summed E-state index contributed by atoms with van der Waals surface area (Å²) in [5.41, 5.74) is 8.17. The molecule has 1 fully saturated rings.